The van der Waals surface area contributed by atoms with E-state index in [0.717, 1.165) is 0 Å². The van der Waals surface area contributed by atoms with Crippen molar-refractivity contribution in [2.45, 2.75) is 13.0 Å². The normalized spacial score (nSPS) is 12.0. The topological polar surface area (TPSA) is 55.2 Å². The van der Waals surface area contributed by atoms with Crippen molar-refractivity contribution in [3.8, 4) is 0 Å². The van der Waals surface area contributed by atoms with Crippen LogP contribution in [-0.4, -0.2) is 4.92 Å². The van der Waals surface area contributed by atoms with E-state index in [2.05, 4.69) is 5.32 Å². The molecular formula is C14H11ClF2N2O2. The molecule has 0 amide bonds. The number of benzene rings is 2. The Morgan fingerprint density at radius 1 is 1.29 bits per heavy atom. The number of nitro benzene ring substituents is 1. The molecule has 7 heteroatoms. The van der Waals surface area contributed by atoms with E-state index in [4.69, 9.17) is 11.6 Å². The third-order valence-electron chi connectivity index (χ3n) is 2.96. The Hall–Kier alpha value is -2.21. The van der Waals surface area contributed by atoms with E-state index in [1.807, 2.05) is 0 Å². The van der Waals surface area contributed by atoms with Gasteiger partial charge in [-0.15, -0.1) is 0 Å². The van der Waals surface area contributed by atoms with Crippen LogP contribution in [0.5, 0.6) is 0 Å². The van der Waals surface area contributed by atoms with Crippen LogP contribution < -0.4 is 5.32 Å². The van der Waals surface area contributed by atoms with Gasteiger partial charge in [-0.25, -0.2) is 8.78 Å². The van der Waals surface area contributed by atoms with E-state index in [1.165, 1.54) is 0 Å². The average Bonchev–Trinajstić information content (AvgIpc) is 2.41. The predicted molar refractivity (Wildman–Crippen MR) is 76.5 cm³/mol. The van der Waals surface area contributed by atoms with Crippen molar-refractivity contribution in [1.29, 1.82) is 0 Å². The van der Waals surface area contributed by atoms with E-state index in [9.17, 15) is 18.9 Å². The molecule has 110 valence electrons. The number of nitrogens with one attached hydrogen (secondary N) is 1. The van der Waals surface area contributed by atoms with Gasteiger partial charge in [0, 0.05) is 11.1 Å². The SMILES string of the molecule is CC(Nc1c(F)cc(F)cc1[N+](=O)[O-])c1ccccc1Cl. The third-order valence-corrected chi connectivity index (χ3v) is 3.31. The lowest BCUT2D eigenvalue weighted by molar-refractivity contribution is -0.384. The molecule has 2 aromatic rings. The summed E-state index contributed by atoms with van der Waals surface area (Å²) >= 11 is 6.03. The Kier molecular flexibility index (Phi) is 4.37. The van der Waals surface area contributed by atoms with E-state index in [1.54, 1.807) is 31.2 Å². The lowest BCUT2D eigenvalue weighted by Gasteiger charge is -2.17. The fourth-order valence-electron chi connectivity index (χ4n) is 1.97. The minimum Gasteiger partial charge on any atom is -0.370 e. The maximum atomic E-state index is 13.8. The van der Waals surface area contributed by atoms with Crippen LogP contribution in [0.2, 0.25) is 5.02 Å². The molecule has 0 bridgehead atoms. The van der Waals surface area contributed by atoms with Crippen molar-refractivity contribution >= 4 is 23.0 Å². The zero-order chi connectivity index (χ0) is 15.6. The fraction of sp³-hybridized carbons (Fsp3) is 0.143. The highest BCUT2D eigenvalue weighted by Crippen LogP contribution is 2.33. The van der Waals surface area contributed by atoms with E-state index in [-0.39, 0.29) is 5.69 Å². The van der Waals surface area contributed by atoms with Gasteiger partial charge in [0.1, 0.15) is 11.5 Å². The fourth-order valence-corrected chi connectivity index (χ4v) is 2.27. The Morgan fingerprint density at radius 2 is 1.95 bits per heavy atom. The molecule has 2 rings (SSSR count). The summed E-state index contributed by atoms with van der Waals surface area (Å²) < 4.78 is 26.9. The van der Waals surface area contributed by atoms with Gasteiger partial charge < -0.3 is 5.32 Å². The largest absolute Gasteiger partial charge is 0.370 e. The average molecular weight is 313 g/mol. The second-order valence-corrected chi connectivity index (χ2v) is 4.83. The molecule has 2 aromatic carbocycles. The van der Waals surface area contributed by atoms with Gasteiger partial charge in [-0.2, -0.15) is 0 Å². The van der Waals surface area contributed by atoms with Crippen molar-refractivity contribution in [3.63, 3.8) is 0 Å². The lowest BCUT2D eigenvalue weighted by atomic mass is 10.1. The first kappa shape index (κ1) is 15.2. The first-order valence-corrected chi connectivity index (χ1v) is 6.42. The summed E-state index contributed by atoms with van der Waals surface area (Å²) in [6.07, 6.45) is 0. The molecule has 0 aliphatic heterocycles. The molecule has 0 spiro atoms. The van der Waals surface area contributed by atoms with Gasteiger partial charge in [0.05, 0.1) is 17.0 Å². The molecule has 4 nitrogen and oxygen atoms in total. The van der Waals surface area contributed by atoms with Crippen molar-refractivity contribution in [3.05, 3.63) is 68.7 Å². The number of hydrogen-bond donors (Lipinski definition) is 1. The predicted octanol–water partition coefficient (Wildman–Crippen LogP) is 4.70. The molecular weight excluding hydrogens is 302 g/mol. The Balaban J connectivity index is 2.40. The van der Waals surface area contributed by atoms with E-state index in [0.29, 0.717) is 22.7 Å². The summed E-state index contributed by atoms with van der Waals surface area (Å²) in [6.45, 7) is 1.67. The summed E-state index contributed by atoms with van der Waals surface area (Å²) in [4.78, 5) is 10.1. The van der Waals surface area contributed by atoms with Crippen LogP contribution in [-0.2, 0) is 0 Å². The van der Waals surface area contributed by atoms with Crippen molar-refractivity contribution in [2.24, 2.45) is 0 Å². The molecule has 1 N–H and O–H groups in total. The monoisotopic (exact) mass is 312 g/mol. The number of halogens is 3. The second kappa shape index (κ2) is 6.05. The quantitative estimate of drug-likeness (QED) is 0.657. The minimum absolute atomic E-state index is 0.367. The van der Waals surface area contributed by atoms with Crippen LogP contribution in [0.4, 0.5) is 20.2 Å². The van der Waals surface area contributed by atoms with Crippen molar-refractivity contribution in [2.75, 3.05) is 5.32 Å². The van der Waals surface area contributed by atoms with Crippen LogP contribution in [0, 0.1) is 21.7 Å². The van der Waals surface area contributed by atoms with Gasteiger partial charge in [0.2, 0.25) is 0 Å². The van der Waals surface area contributed by atoms with Crippen molar-refractivity contribution in [1.82, 2.24) is 0 Å². The van der Waals surface area contributed by atoms with E-state index >= 15 is 0 Å². The Labute approximate surface area is 124 Å². The lowest BCUT2D eigenvalue weighted by Crippen LogP contribution is -2.10. The molecule has 0 aliphatic rings. The number of nitrogens with zero attached hydrogens (tertiary/aromatic N) is 1. The number of rotatable bonds is 4. The van der Waals surface area contributed by atoms with Crippen LogP contribution in [0.1, 0.15) is 18.5 Å². The highest BCUT2D eigenvalue weighted by Gasteiger charge is 2.22. The maximum Gasteiger partial charge on any atom is 0.298 e. The first-order valence-electron chi connectivity index (χ1n) is 6.04. The first-order chi connectivity index (χ1) is 9.90. The molecule has 0 aromatic heterocycles. The molecule has 1 unspecified atom stereocenters. The minimum atomic E-state index is -1.03. The zero-order valence-corrected chi connectivity index (χ0v) is 11.7. The molecule has 0 saturated carbocycles. The zero-order valence-electron chi connectivity index (χ0n) is 10.9. The van der Waals surface area contributed by atoms with Gasteiger partial charge in [0.25, 0.3) is 5.69 Å². The van der Waals surface area contributed by atoms with Crippen molar-refractivity contribution < 1.29 is 13.7 Å². The smallest absolute Gasteiger partial charge is 0.298 e. The standard InChI is InChI=1S/C14H11ClF2N2O2/c1-8(10-4-2-3-5-11(10)15)18-14-12(17)6-9(16)7-13(14)19(20)21/h2-8,18H,1H3. The van der Waals surface area contributed by atoms with Gasteiger partial charge in [-0.3, -0.25) is 10.1 Å². The van der Waals surface area contributed by atoms with Gasteiger partial charge in [0.15, 0.2) is 5.82 Å². The highest BCUT2D eigenvalue weighted by molar-refractivity contribution is 6.31. The molecule has 0 fully saturated rings. The summed E-state index contributed by atoms with van der Waals surface area (Å²) in [5.41, 5.74) is -0.377. The summed E-state index contributed by atoms with van der Waals surface area (Å²) in [7, 11) is 0. The molecule has 0 aliphatic carbocycles. The molecule has 21 heavy (non-hydrogen) atoms. The molecule has 0 heterocycles. The van der Waals surface area contributed by atoms with Gasteiger partial charge in [-0.1, -0.05) is 29.8 Å². The summed E-state index contributed by atoms with van der Waals surface area (Å²) in [5.74, 6) is -2.03. The molecule has 0 saturated heterocycles. The molecule has 1 atom stereocenters. The highest BCUT2D eigenvalue weighted by atomic mass is 35.5. The number of hydrogen-bond acceptors (Lipinski definition) is 3. The van der Waals surface area contributed by atoms with E-state index < -0.39 is 28.3 Å². The number of nitro groups is 1. The summed E-state index contributed by atoms with van der Waals surface area (Å²) in [5, 5.41) is 14.0. The third kappa shape index (κ3) is 3.28. The van der Waals surface area contributed by atoms with Crippen LogP contribution >= 0.6 is 11.6 Å². The van der Waals surface area contributed by atoms with Crippen LogP contribution in [0.25, 0.3) is 0 Å². The van der Waals surface area contributed by atoms with Gasteiger partial charge >= 0.3 is 0 Å². The Morgan fingerprint density at radius 3 is 2.57 bits per heavy atom. The Bertz CT molecular complexity index is 695. The van der Waals surface area contributed by atoms with Crippen LogP contribution in [0.3, 0.4) is 0 Å². The molecule has 0 radical (unpaired) electrons. The number of anilines is 1. The second-order valence-electron chi connectivity index (χ2n) is 4.43. The van der Waals surface area contributed by atoms with Gasteiger partial charge in [-0.05, 0) is 18.6 Å². The summed E-state index contributed by atoms with van der Waals surface area (Å²) in [6, 6.07) is 7.63. The maximum absolute atomic E-state index is 13.8. The van der Waals surface area contributed by atoms with Crippen LogP contribution in [0.15, 0.2) is 36.4 Å².